The predicted octanol–water partition coefficient (Wildman–Crippen LogP) is 4.29. The minimum atomic E-state index is 0.223. The quantitative estimate of drug-likeness (QED) is 0.672. The van der Waals surface area contributed by atoms with Gasteiger partial charge in [-0.05, 0) is 46.9 Å². The molecule has 3 nitrogen and oxygen atoms in total. The molecule has 0 radical (unpaired) electrons. The summed E-state index contributed by atoms with van der Waals surface area (Å²) in [5.74, 6) is 0.741. The van der Waals surface area contributed by atoms with Crippen molar-refractivity contribution < 1.29 is 15.3 Å². The molecule has 3 aromatic carbocycles. The van der Waals surface area contributed by atoms with Gasteiger partial charge in [-0.1, -0.05) is 48.5 Å². The van der Waals surface area contributed by atoms with Crippen LogP contribution in [0.2, 0.25) is 0 Å². The molecule has 0 spiro atoms. The summed E-state index contributed by atoms with van der Waals surface area (Å²) in [4.78, 5) is 0. The number of benzene rings is 3. The van der Waals surface area contributed by atoms with E-state index < -0.39 is 0 Å². The van der Waals surface area contributed by atoms with Gasteiger partial charge in [-0.2, -0.15) is 0 Å². The normalized spacial score (nSPS) is 10.7. The zero-order valence-corrected chi connectivity index (χ0v) is 13.5. The zero-order chi connectivity index (χ0) is 17.1. The lowest BCUT2D eigenvalue weighted by molar-refractivity contribution is 0.460. The second-order valence-electron chi connectivity index (χ2n) is 6.03. The number of hydrogen-bond acceptors (Lipinski definition) is 3. The minimum Gasteiger partial charge on any atom is -0.508 e. The Morgan fingerprint density at radius 1 is 0.667 bits per heavy atom. The molecule has 0 bridgehead atoms. The number of hydrogen-bond donors (Lipinski definition) is 3. The number of rotatable bonds is 4. The third-order valence-electron chi connectivity index (χ3n) is 4.20. The molecule has 0 aromatic heterocycles. The van der Waals surface area contributed by atoms with Crippen molar-refractivity contribution in [3.05, 3.63) is 88.5 Å². The molecule has 0 aliphatic carbocycles. The molecule has 0 heterocycles. The Kier molecular flexibility index (Phi) is 4.43. The van der Waals surface area contributed by atoms with Crippen molar-refractivity contribution in [3.63, 3.8) is 0 Å². The second-order valence-corrected chi connectivity index (χ2v) is 6.03. The molecule has 3 aromatic rings. The van der Waals surface area contributed by atoms with Crippen molar-refractivity contribution >= 4 is 0 Å². The first-order valence-corrected chi connectivity index (χ1v) is 7.89. The van der Waals surface area contributed by atoms with Gasteiger partial charge >= 0.3 is 0 Å². The summed E-state index contributed by atoms with van der Waals surface area (Å²) in [6.07, 6.45) is 1.04. The van der Waals surface area contributed by atoms with Crippen LogP contribution in [0.5, 0.6) is 17.2 Å². The SMILES string of the molecule is Cc1cc(Cc2ccccc2O)cc(Cc2ccccc2O)c1O. The van der Waals surface area contributed by atoms with E-state index in [1.807, 2.05) is 43.3 Å². The number of phenols is 3. The van der Waals surface area contributed by atoms with Crippen LogP contribution in [0.25, 0.3) is 0 Å². The van der Waals surface area contributed by atoms with Gasteiger partial charge in [0.1, 0.15) is 17.2 Å². The summed E-state index contributed by atoms with van der Waals surface area (Å²) in [5.41, 5.74) is 4.18. The fraction of sp³-hybridized carbons (Fsp3) is 0.143. The highest BCUT2D eigenvalue weighted by molar-refractivity contribution is 5.48. The van der Waals surface area contributed by atoms with Crippen LogP contribution >= 0.6 is 0 Å². The van der Waals surface area contributed by atoms with Gasteiger partial charge in [0, 0.05) is 12.8 Å². The lowest BCUT2D eigenvalue weighted by atomic mass is 9.95. The lowest BCUT2D eigenvalue weighted by Gasteiger charge is -2.12. The molecule has 0 aliphatic heterocycles. The van der Waals surface area contributed by atoms with Crippen molar-refractivity contribution in [1.82, 2.24) is 0 Å². The summed E-state index contributed by atoms with van der Waals surface area (Å²) in [6.45, 7) is 1.86. The van der Waals surface area contributed by atoms with Crippen molar-refractivity contribution in [2.45, 2.75) is 19.8 Å². The van der Waals surface area contributed by atoms with Gasteiger partial charge in [0.15, 0.2) is 0 Å². The third-order valence-corrected chi connectivity index (χ3v) is 4.20. The van der Waals surface area contributed by atoms with Crippen LogP contribution in [0, 0.1) is 6.92 Å². The monoisotopic (exact) mass is 320 g/mol. The fourth-order valence-electron chi connectivity index (χ4n) is 2.92. The van der Waals surface area contributed by atoms with E-state index in [1.54, 1.807) is 24.3 Å². The molecule has 0 unspecified atom stereocenters. The maximum Gasteiger partial charge on any atom is 0.122 e. The second kappa shape index (κ2) is 6.67. The highest BCUT2D eigenvalue weighted by Gasteiger charge is 2.11. The molecule has 0 atom stereocenters. The molecular weight excluding hydrogens is 300 g/mol. The van der Waals surface area contributed by atoms with Gasteiger partial charge in [0.2, 0.25) is 0 Å². The van der Waals surface area contributed by atoms with E-state index in [9.17, 15) is 15.3 Å². The standard InChI is InChI=1S/C21H20O3/c1-14-10-15(11-16-6-2-4-8-19(16)22)12-18(21(14)24)13-17-7-3-5-9-20(17)23/h2-10,12,22-24H,11,13H2,1H3. The van der Waals surface area contributed by atoms with Gasteiger partial charge in [-0.3, -0.25) is 0 Å². The van der Waals surface area contributed by atoms with Crippen molar-refractivity contribution in [3.8, 4) is 17.2 Å². The Bertz CT molecular complexity index is 869. The van der Waals surface area contributed by atoms with Gasteiger partial charge < -0.3 is 15.3 Å². The number of para-hydroxylation sites is 2. The summed E-state index contributed by atoms with van der Waals surface area (Å²) >= 11 is 0. The minimum absolute atomic E-state index is 0.223. The Hall–Kier alpha value is -2.94. The lowest BCUT2D eigenvalue weighted by Crippen LogP contribution is -1.96. The molecule has 24 heavy (non-hydrogen) atoms. The Morgan fingerprint density at radius 2 is 1.21 bits per heavy atom. The van der Waals surface area contributed by atoms with E-state index in [0.717, 1.165) is 27.8 Å². The maximum absolute atomic E-state index is 10.4. The van der Waals surface area contributed by atoms with Crippen molar-refractivity contribution in [2.24, 2.45) is 0 Å². The Morgan fingerprint density at radius 3 is 1.79 bits per heavy atom. The van der Waals surface area contributed by atoms with Gasteiger partial charge in [0.05, 0.1) is 0 Å². The summed E-state index contributed by atoms with van der Waals surface area (Å²) in [5, 5.41) is 30.3. The molecule has 3 rings (SSSR count). The van der Waals surface area contributed by atoms with Crippen LogP contribution in [-0.4, -0.2) is 15.3 Å². The maximum atomic E-state index is 10.4. The topological polar surface area (TPSA) is 60.7 Å². The van der Waals surface area contributed by atoms with Crippen LogP contribution in [0.15, 0.2) is 60.7 Å². The first kappa shape index (κ1) is 15.9. The molecular formula is C21H20O3. The van der Waals surface area contributed by atoms with Gasteiger partial charge in [-0.25, -0.2) is 0 Å². The fourth-order valence-corrected chi connectivity index (χ4v) is 2.92. The average molecular weight is 320 g/mol. The zero-order valence-electron chi connectivity index (χ0n) is 13.5. The third kappa shape index (κ3) is 3.35. The van der Waals surface area contributed by atoms with Gasteiger partial charge in [-0.15, -0.1) is 0 Å². The Labute approximate surface area is 141 Å². The molecule has 0 saturated carbocycles. The molecule has 0 aliphatic rings. The van der Waals surface area contributed by atoms with Gasteiger partial charge in [0.25, 0.3) is 0 Å². The van der Waals surface area contributed by atoms with Crippen molar-refractivity contribution in [2.75, 3.05) is 0 Å². The van der Waals surface area contributed by atoms with E-state index in [1.165, 1.54) is 0 Å². The molecule has 3 heteroatoms. The van der Waals surface area contributed by atoms with Crippen LogP contribution in [-0.2, 0) is 12.8 Å². The van der Waals surface area contributed by atoms with E-state index in [2.05, 4.69) is 0 Å². The van der Waals surface area contributed by atoms with E-state index in [-0.39, 0.29) is 17.2 Å². The predicted molar refractivity (Wildman–Crippen MR) is 94.7 cm³/mol. The molecule has 122 valence electrons. The Balaban J connectivity index is 1.94. The average Bonchev–Trinajstić information content (AvgIpc) is 2.56. The van der Waals surface area contributed by atoms with E-state index >= 15 is 0 Å². The van der Waals surface area contributed by atoms with E-state index in [0.29, 0.717) is 12.8 Å². The first-order valence-electron chi connectivity index (χ1n) is 7.89. The number of aromatic hydroxyl groups is 3. The van der Waals surface area contributed by atoms with Crippen molar-refractivity contribution in [1.29, 1.82) is 0 Å². The summed E-state index contributed by atoms with van der Waals surface area (Å²) < 4.78 is 0. The van der Waals surface area contributed by atoms with E-state index in [4.69, 9.17) is 0 Å². The largest absolute Gasteiger partial charge is 0.508 e. The van der Waals surface area contributed by atoms with Crippen LogP contribution in [0.4, 0.5) is 0 Å². The molecule has 0 amide bonds. The summed E-state index contributed by atoms with van der Waals surface area (Å²) in [6, 6.07) is 18.2. The summed E-state index contributed by atoms with van der Waals surface area (Å²) in [7, 11) is 0. The smallest absolute Gasteiger partial charge is 0.122 e. The molecule has 0 fully saturated rings. The number of aryl methyl sites for hydroxylation is 1. The van der Waals surface area contributed by atoms with Crippen LogP contribution in [0.1, 0.15) is 27.8 Å². The highest BCUT2D eigenvalue weighted by Crippen LogP contribution is 2.30. The first-order chi connectivity index (χ1) is 11.5. The van der Waals surface area contributed by atoms with Crippen LogP contribution in [0.3, 0.4) is 0 Å². The highest BCUT2D eigenvalue weighted by atomic mass is 16.3. The van der Waals surface area contributed by atoms with Crippen LogP contribution < -0.4 is 0 Å². The molecule has 0 saturated heterocycles. The molecule has 3 N–H and O–H groups in total. The number of phenolic OH excluding ortho intramolecular Hbond substituents is 3.